The highest BCUT2D eigenvalue weighted by Crippen LogP contribution is 2.25. The van der Waals surface area contributed by atoms with Gasteiger partial charge in [-0.1, -0.05) is 39.3 Å². The Morgan fingerprint density at radius 2 is 2.06 bits per heavy atom. The van der Waals surface area contributed by atoms with Gasteiger partial charge < -0.3 is 9.84 Å². The van der Waals surface area contributed by atoms with Crippen molar-refractivity contribution in [3.8, 4) is 5.75 Å². The number of ether oxygens (including phenoxy) is 1. The summed E-state index contributed by atoms with van der Waals surface area (Å²) in [6.45, 7) is 7.11. The second kappa shape index (κ2) is 5.90. The molecular weight excluding hydrogens is 200 g/mol. The first-order chi connectivity index (χ1) is 7.60. The number of hydrogen-bond donors (Lipinski definition) is 1. The molecule has 0 amide bonds. The molecular formula is C14H22O2. The highest BCUT2D eigenvalue weighted by atomic mass is 16.5. The van der Waals surface area contributed by atoms with E-state index in [0.29, 0.717) is 0 Å². The highest BCUT2D eigenvalue weighted by Gasteiger charge is 2.19. The van der Waals surface area contributed by atoms with E-state index in [0.717, 1.165) is 30.8 Å². The van der Waals surface area contributed by atoms with Crippen LogP contribution in [0.2, 0.25) is 0 Å². The van der Waals surface area contributed by atoms with Crippen LogP contribution in [0, 0.1) is 0 Å². The molecule has 0 unspecified atom stereocenters. The molecule has 0 bridgehead atoms. The normalized spacial score (nSPS) is 11.5. The fraction of sp³-hybridized carbons (Fsp3) is 0.571. The minimum absolute atomic E-state index is 0.144. The smallest absolute Gasteiger partial charge is 0.119 e. The van der Waals surface area contributed by atoms with Gasteiger partial charge in [0.15, 0.2) is 0 Å². The van der Waals surface area contributed by atoms with Crippen molar-refractivity contribution in [1.29, 1.82) is 0 Å². The van der Waals surface area contributed by atoms with Crippen LogP contribution in [0.15, 0.2) is 24.3 Å². The molecule has 0 fully saturated rings. The van der Waals surface area contributed by atoms with Gasteiger partial charge in [0.2, 0.25) is 0 Å². The fourth-order valence-electron chi connectivity index (χ4n) is 1.43. The second-order valence-corrected chi connectivity index (χ2v) is 4.77. The van der Waals surface area contributed by atoms with Crippen LogP contribution in [0.4, 0.5) is 0 Å². The number of rotatable bonds is 6. The molecule has 0 saturated carbocycles. The van der Waals surface area contributed by atoms with E-state index in [1.165, 1.54) is 0 Å². The standard InChI is InChI=1S/C14H22O2/c1-4-5-9-16-13-8-6-7-12(10-13)14(2,3)11-15/h6-8,10,15H,4-5,9,11H2,1-3H3. The van der Waals surface area contributed by atoms with Crippen LogP contribution in [0.3, 0.4) is 0 Å². The van der Waals surface area contributed by atoms with Crippen molar-refractivity contribution in [2.45, 2.75) is 39.0 Å². The maximum atomic E-state index is 9.31. The topological polar surface area (TPSA) is 29.5 Å². The van der Waals surface area contributed by atoms with Gasteiger partial charge in [-0.3, -0.25) is 0 Å². The molecule has 0 aliphatic carbocycles. The summed E-state index contributed by atoms with van der Waals surface area (Å²) in [5.41, 5.74) is 0.911. The van der Waals surface area contributed by atoms with Gasteiger partial charge in [0.25, 0.3) is 0 Å². The van der Waals surface area contributed by atoms with Crippen LogP contribution in [-0.2, 0) is 5.41 Å². The zero-order valence-electron chi connectivity index (χ0n) is 10.5. The molecule has 1 rings (SSSR count). The lowest BCUT2D eigenvalue weighted by atomic mass is 9.85. The van der Waals surface area contributed by atoms with Gasteiger partial charge in [-0.25, -0.2) is 0 Å². The molecule has 90 valence electrons. The summed E-state index contributed by atoms with van der Waals surface area (Å²) < 4.78 is 5.65. The molecule has 0 aliphatic heterocycles. The highest BCUT2D eigenvalue weighted by molar-refractivity contribution is 5.33. The zero-order chi connectivity index (χ0) is 12.0. The Bertz CT molecular complexity index is 318. The lowest BCUT2D eigenvalue weighted by molar-refractivity contribution is 0.218. The van der Waals surface area contributed by atoms with Crippen molar-refractivity contribution in [3.63, 3.8) is 0 Å². The molecule has 2 nitrogen and oxygen atoms in total. The minimum Gasteiger partial charge on any atom is -0.494 e. The van der Waals surface area contributed by atoms with E-state index < -0.39 is 0 Å². The average molecular weight is 222 g/mol. The van der Waals surface area contributed by atoms with Crippen molar-refractivity contribution in [2.24, 2.45) is 0 Å². The summed E-state index contributed by atoms with van der Waals surface area (Å²) in [6.07, 6.45) is 2.22. The minimum atomic E-state index is -0.204. The third-order valence-electron chi connectivity index (χ3n) is 2.78. The van der Waals surface area contributed by atoms with Crippen molar-refractivity contribution in [1.82, 2.24) is 0 Å². The molecule has 0 heterocycles. The predicted molar refractivity (Wildman–Crippen MR) is 67.0 cm³/mol. The van der Waals surface area contributed by atoms with Gasteiger partial charge in [0.1, 0.15) is 5.75 Å². The van der Waals surface area contributed by atoms with E-state index in [2.05, 4.69) is 6.92 Å². The molecule has 0 atom stereocenters. The number of aliphatic hydroxyl groups excluding tert-OH is 1. The first-order valence-electron chi connectivity index (χ1n) is 5.94. The monoisotopic (exact) mass is 222 g/mol. The number of hydrogen-bond acceptors (Lipinski definition) is 2. The van der Waals surface area contributed by atoms with Gasteiger partial charge in [-0.05, 0) is 24.1 Å². The Balaban J connectivity index is 2.71. The number of benzene rings is 1. The summed E-state index contributed by atoms with van der Waals surface area (Å²) in [5.74, 6) is 0.896. The molecule has 0 aliphatic rings. The van der Waals surface area contributed by atoms with E-state index in [1.807, 2.05) is 38.1 Å². The van der Waals surface area contributed by atoms with Crippen LogP contribution < -0.4 is 4.74 Å². The van der Waals surface area contributed by atoms with Gasteiger partial charge in [-0.2, -0.15) is 0 Å². The summed E-state index contributed by atoms with van der Waals surface area (Å²) in [4.78, 5) is 0. The Morgan fingerprint density at radius 1 is 1.31 bits per heavy atom. The van der Waals surface area contributed by atoms with E-state index in [9.17, 15) is 5.11 Å². The van der Waals surface area contributed by atoms with Crippen LogP contribution in [0.5, 0.6) is 5.75 Å². The fourth-order valence-corrected chi connectivity index (χ4v) is 1.43. The quantitative estimate of drug-likeness (QED) is 0.749. The Hall–Kier alpha value is -1.02. The Labute approximate surface area is 98.3 Å². The molecule has 0 saturated heterocycles. The maximum Gasteiger partial charge on any atom is 0.119 e. The van der Waals surface area contributed by atoms with E-state index in [4.69, 9.17) is 4.74 Å². The van der Waals surface area contributed by atoms with Crippen LogP contribution >= 0.6 is 0 Å². The summed E-state index contributed by atoms with van der Waals surface area (Å²) in [7, 11) is 0. The molecule has 0 spiro atoms. The SMILES string of the molecule is CCCCOc1cccc(C(C)(C)CO)c1. The number of unbranched alkanes of at least 4 members (excludes halogenated alkanes) is 1. The third-order valence-corrected chi connectivity index (χ3v) is 2.78. The van der Waals surface area contributed by atoms with E-state index in [-0.39, 0.29) is 12.0 Å². The van der Waals surface area contributed by atoms with Gasteiger partial charge in [-0.15, -0.1) is 0 Å². The van der Waals surface area contributed by atoms with Gasteiger partial charge in [0.05, 0.1) is 13.2 Å². The predicted octanol–water partition coefficient (Wildman–Crippen LogP) is 3.14. The first kappa shape index (κ1) is 13.0. The molecule has 1 N–H and O–H groups in total. The second-order valence-electron chi connectivity index (χ2n) is 4.77. The van der Waals surface area contributed by atoms with Crippen molar-refractivity contribution >= 4 is 0 Å². The maximum absolute atomic E-state index is 9.31. The van der Waals surface area contributed by atoms with E-state index >= 15 is 0 Å². The summed E-state index contributed by atoms with van der Waals surface area (Å²) in [6, 6.07) is 8.00. The molecule has 2 heteroatoms. The largest absolute Gasteiger partial charge is 0.494 e. The lowest BCUT2D eigenvalue weighted by Gasteiger charge is -2.22. The molecule has 0 radical (unpaired) electrons. The molecule has 0 aromatic heterocycles. The zero-order valence-corrected chi connectivity index (χ0v) is 10.5. The summed E-state index contributed by atoms with van der Waals surface area (Å²) in [5, 5.41) is 9.31. The van der Waals surface area contributed by atoms with Crippen LogP contribution in [0.25, 0.3) is 0 Å². The first-order valence-corrected chi connectivity index (χ1v) is 5.94. The van der Waals surface area contributed by atoms with Crippen molar-refractivity contribution < 1.29 is 9.84 Å². The average Bonchev–Trinajstić information content (AvgIpc) is 2.30. The number of aliphatic hydroxyl groups is 1. The molecule has 16 heavy (non-hydrogen) atoms. The lowest BCUT2D eigenvalue weighted by Crippen LogP contribution is -2.21. The summed E-state index contributed by atoms with van der Waals surface area (Å²) >= 11 is 0. The van der Waals surface area contributed by atoms with Crippen LogP contribution in [-0.4, -0.2) is 18.3 Å². The molecule has 1 aromatic rings. The van der Waals surface area contributed by atoms with Gasteiger partial charge in [0, 0.05) is 5.41 Å². The Kier molecular flexibility index (Phi) is 4.81. The Morgan fingerprint density at radius 3 is 2.69 bits per heavy atom. The van der Waals surface area contributed by atoms with E-state index in [1.54, 1.807) is 0 Å². The van der Waals surface area contributed by atoms with Gasteiger partial charge >= 0.3 is 0 Å². The third kappa shape index (κ3) is 3.53. The van der Waals surface area contributed by atoms with Crippen molar-refractivity contribution in [3.05, 3.63) is 29.8 Å². The van der Waals surface area contributed by atoms with Crippen LogP contribution in [0.1, 0.15) is 39.2 Å². The van der Waals surface area contributed by atoms with Crippen molar-refractivity contribution in [2.75, 3.05) is 13.2 Å². The molecule has 1 aromatic carbocycles.